The first kappa shape index (κ1) is 13.7. The predicted octanol–water partition coefficient (Wildman–Crippen LogP) is 1.69. The molecule has 0 N–H and O–H groups in total. The lowest BCUT2D eigenvalue weighted by atomic mass is 10.1. The van der Waals surface area contributed by atoms with E-state index >= 15 is 0 Å². The van der Waals surface area contributed by atoms with Crippen LogP contribution < -0.4 is 20.5 Å². The van der Waals surface area contributed by atoms with E-state index in [4.69, 9.17) is 4.74 Å². The first-order chi connectivity index (χ1) is 7.77. The smallest absolute Gasteiger partial charge is 0.272 e. The number of rotatable bonds is 5. The predicted molar refractivity (Wildman–Crippen MR) is 69.9 cm³/mol. The molecule has 0 heterocycles. The number of ether oxygens (including phenoxy) is 1. The van der Waals surface area contributed by atoms with Crippen LogP contribution in [0, 0.1) is 0 Å². The summed E-state index contributed by atoms with van der Waals surface area (Å²) in [6, 6.07) is 0.320. The number of hydrogen-bond acceptors (Lipinski definition) is 4. The molecule has 0 spiro atoms. The molecular weight excluding hydrogens is 218 g/mol. The summed E-state index contributed by atoms with van der Waals surface area (Å²) in [6.07, 6.45) is -0.0989. The standard InChI is InChI=1S/C13H21NO3/c1-7(2)14(8(3)4)10-11(15)12(16)13(10)17-9(5)6/h7-9H,1-6H3. The van der Waals surface area contributed by atoms with Crippen LogP contribution in [0.4, 0.5) is 5.69 Å². The molecule has 96 valence electrons. The molecule has 0 unspecified atom stereocenters. The molecule has 1 aromatic carbocycles. The second-order valence-corrected chi connectivity index (χ2v) is 5.10. The summed E-state index contributed by atoms with van der Waals surface area (Å²) in [6.45, 7) is 11.7. The molecule has 17 heavy (non-hydrogen) atoms. The van der Waals surface area contributed by atoms with Crippen LogP contribution in [-0.2, 0) is 0 Å². The van der Waals surface area contributed by atoms with Gasteiger partial charge in [-0.25, -0.2) is 0 Å². The lowest BCUT2D eigenvalue weighted by Crippen LogP contribution is -2.47. The van der Waals surface area contributed by atoms with E-state index in [1.165, 1.54) is 0 Å². The van der Waals surface area contributed by atoms with Gasteiger partial charge in [-0.05, 0) is 41.5 Å². The summed E-state index contributed by atoms with van der Waals surface area (Å²) >= 11 is 0. The van der Waals surface area contributed by atoms with Crippen molar-refractivity contribution in [3.8, 4) is 5.75 Å². The van der Waals surface area contributed by atoms with Crippen molar-refractivity contribution in [1.82, 2.24) is 0 Å². The zero-order chi connectivity index (χ0) is 13.3. The van der Waals surface area contributed by atoms with Gasteiger partial charge in [0.05, 0.1) is 6.10 Å². The topological polar surface area (TPSA) is 46.6 Å². The van der Waals surface area contributed by atoms with E-state index < -0.39 is 10.9 Å². The van der Waals surface area contributed by atoms with Crippen molar-refractivity contribution in [1.29, 1.82) is 0 Å². The molecule has 0 saturated heterocycles. The average molecular weight is 239 g/mol. The Kier molecular flexibility index (Phi) is 3.96. The summed E-state index contributed by atoms with van der Waals surface area (Å²) in [4.78, 5) is 25.1. The number of nitrogens with zero attached hydrogens (tertiary/aromatic N) is 1. The SMILES string of the molecule is CC(C)Oc1c(N(C(C)C)C(C)C)c(=O)c1=O. The van der Waals surface area contributed by atoms with Gasteiger partial charge in [0.25, 0.3) is 10.9 Å². The largest absolute Gasteiger partial charge is 0.485 e. The van der Waals surface area contributed by atoms with E-state index in [0.717, 1.165) is 0 Å². The van der Waals surface area contributed by atoms with Crippen LogP contribution >= 0.6 is 0 Å². The Labute approximate surface area is 102 Å². The van der Waals surface area contributed by atoms with Crippen LogP contribution in [0.5, 0.6) is 5.75 Å². The molecule has 0 atom stereocenters. The Morgan fingerprint density at radius 3 is 1.71 bits per heavy atom. The van der Waals surface area contributed by atoms with Gasteiger partial charge in [-0.15, -0.1) is 0 Å². The third kappa shape index (κ3) is 2.51. The van der Waals surface area contributed by atoms with Crippen LogP contribution in [0.2, 0.25) is 0 Å². The molecule has 0 fully saturated rings. The van der Waals surface area contributed by atoms with Gasteiger partial charge < -0.3 is 9.64 Å². The van der Waals surface area contributed by atoms with Gasteiger partial charge >= 0.3 is 0 Å². The van der Waals surface area contributed by atoms with Gasteiger partial charge in [0.2, 0.25) is 0 Å². The minimum atomic E-state index is -0.500. The van der Waals surface area contributed by atoms with Crippen molar-refractivity contribution in [2.45, 2.75) is 59.7 Å². The Morgan fingerprint density at radius 1 is 0.882 bits per heavy atom. The van der Waals surface area contributed by atoms with Crippen molar-refractivity contribution in [2.24, 2.45) is 0 Å². The molecule has 0 amide bonds. The third-order valence-electron chi connectivity index (χ3n) is 2.57. The zero-order valence-corrected chi connectivity index (χ0v) is 11.4. The molecule has 1 rings (SSSR count). The van der Waals surface area contributed by atoms with E-state index in [1.54, 1.807) is 0 Å². The Morgan fingerprint density at radius 2 is 1.35 bits per heavy atom. The minimum Gasteiger partial charge on any atom is -0.485 e. The fraction of sp³-hybridized carbons (Fsp3) is 0.692. The van der Waals surface area contributed by atoms with Crippen molar-refractivity contribution in [3.63, 3.8) is 0 Å². The van der Waals surface area contributed by atoms with Gasteiger partial charge in [-0.1, -0.05) is 0 Å². The first-order valence-electron chi connectivity index (χ1n) is 6.05. The number of anilines is 1. The highest BCUT2D eigenvalue weighted by Crippen LogP contribution is 2.27. The Bertz CT molecular complexity index is 445. The minimum absolute atomic E-state index is 0.0989. The third-order valence-corrected chi connectivity index (χ3v) is 2.57. The molecule has 0 aliphatic carbocycles. The molecule has 0 aliphatic rings. The van der Waals surface area contributed by atoms with E-state index in [0.29, 0.717) is 5.69 Å². The van der Waals surface area contributed by atoms with Crippen molar-refractivity contribution in [3.05, 3.63) is 20.4 Å². The van der Waals surface area contributed by atoms with Crippen LogP contribution in [0.15, 0.2) is 9.59 Å². The molecule has 4 heteroatoms. The molecule has 0 saturated carbocycles. The summed E-state index contributed by atoms with van der Waals surface area (Å²) in [7, 11) is 0. The van der Waals surface area contributed by atoms with Gasteiger partial charge in [0.1, 0.15) is 5.69 Å². The fourth-order valence-corrected chi connectivity index (χ4v) is 2.05. The molecule has 0 aliphatic heterocycles. The summed E-state index contributed by atoms with van der Waals surface area (Å²) in [5, 5.41) is 0. The highest BCUT2D eigenvalue weighted by atomic mass is 16.5. The lowest BCUT2D eigenvalue weighted by Gasteiger charge is -2.34. The van der Waals surface area contributed by atoms with E-state index in [-0.39, 0.29) is 23.9 Å². The Hall–Kier alpha value is -1.32. The summed E-state index contributed by atoms with van der Waals surface area (Å²) in [5.41, 5.74) is -0.489. The van der Waals surface area contributed by atoms with E-state index in [9.17, 15) is 9.59 Å². The van der Waals surface area contributed by atoms with Crippen molar-refractivity contribution in [2.75, 3.05) is 4.90 Å². The van der Waals surface area contributed by atoms with Crippen LogP contribution in [0.25, 0.3) is 0 Å². The maximum atomic E-state index is 11.7. The quantitative estimate of drug-likeness (QED) is 0.734. The Balaban J connectivity index is 3.17. The lowest BCUT2D eigenvalue weighted by molar-refractivity contribution is 0.237. The normalized spacial score (nSPS) is 11.8. The average Bonchev–Trinajstić information content (AvgIpc) is 2.20. The molecule has 0 aromatic heterocycles. The fourth-order valence-electron chi connectivity index (χ4n) is 2.05. The molecule has 1 aromatic rings. The second kappa shape index (κ2) is 4.90. The van der Waals surface area contributed by atoms with E-state index in [1.807, 2.05) is 46.4 Å². The van der Waals surface area contributed by atoms with Crippen molar-refractivity contribution >= 4 is 5.69 Å². The second-order valence-electron chi connectivity index (χ2n) is 5.10. The zero-order valence-electron chi connectivity index (χ0n) is 11.4. The van der Waals surface area contributed by atoms with Crippen LogP contribution in [-0.4, -0.2) is 18.2 Å². The molecular formula is C13H21NO3. The highest BCUT2D eigenvalue weighted by Gasteiger charge is 2.30. The van der Waals surface area contributed by atoms with E-state index in [2.05, 4.69) is 0 Å². The molecule has 0 bridgehead atoms. The monoisotopic (exact) mass is 239 g/mol. The van der Waals surface area contributed by atoms with Gasteiger partial charge in [0.15, 0.2) is 5.75 Å². The van der Waals surface area contributed by atoms with Crippen LogP contribution in [0.1, 0.15) is 41.5 Å². The van der Waals surface area contributed by atoms with Gasteiger partial charge in [-0.2, -0.15) is 0 Å². The van der Waals surface area contributed by atoms with Gasteiger partial charge in [0, 0.05) is 12.1 Å². The van der Waals surface area contributed by atoms with Crippen molar-refractivity contribution < 1.29 is 4.74 Å². The maximum absolute atomic E-state index is 11.7. The van der Waals surface area contributed by atoms with Crippen LogP contribution in [0.3, 0.4) is 0 Å². The highest BCUT2D eigenvalue weighted by molar-refractivity contribution is 5.64. The molecule has 0 radical (unpaired) electrons. The first-order valence-corrected chi connectivity index (χ1v) is 6.05. The maximum Gasteiger partial charge on any atom is 0.272 e. The summed E-state index contributed by atoms with van der Waals surface area (Å²) < 4.78 is 5.43. The molecule has 4 nitrogen and oxygen atoms in total. The number of hydrogen-bond donors (Lipinski definition) is 0. The van der Waals surface area contributed by atoms with Gasteiger partial charge in [-0.3, -0.25) is 9.59 Å². The summed E-state index contributed by atoms with van der Waals surface area (Å²) in [5.74, 6) is 0.229.